The largest absolute Gasteiger partial charge is 0.491 e. The molecule has 0 amide bonds. The molecule has 0 aromatic heterocycles. The van der Waals surface area contributed by atoms with Crippen molar-refractivity contribution in [1.29, 1.82) is 0 Å². The van der Waals surface area contributed by atoms with Gasteiger partial charge in [-0.25, -0.2) is 0 Å². The summed E-state index contributed by atoms with van der Waals surface area (Å²) in [5, 5.41) is 18.4. The Bertz CT molecular complexity index is 1240. The van der Waals surface area contributed by atoms with Crippen molar-refractivity contribution in [2.24, 2.45) is 0 Å². The number of nitrogens with zero attached hydrogens (tertiary/aromatic N) is 1. The van der Waals surface area contributed by atoms with Crippen LogP contribution in [-0.2, 0) is 4.74 Å². The third kappa shape index (κ3) is 7.20. The zero-order valence-electron chi connectivity index (χ0n) is 21.7. The molecule has 4 rings (SSSR count). The number of ether oxygens (including phenoxy) is 2. The van der Waals surface area contributed by atoms with Crippen LogP contribution in [0.15, 0.2) is 97.1 Å². The van der Waals surface area contributed by atoms with Crippen LogP contribution in [0, 0.1) is 13.8 Å². The Labute approximate surface area is 219 Å². The van der Waals surface area contributed by atoms with Crippen molar-refractivity contribution in [2.75, 3.05) is 24.7 Å². The van der Waals surface area contributed by atoms with Crippen LogP contribution in [0.4, 0.5) is 17.1 Å². The van der Waals surface area contributed by atoms with Gasteiger partial charge >= 0.3 is 0 Å². The van der Waals surface area contributed by atoms with Crippen molar-refractivity contribution in [3.8, 4) is 16.9 Å². The highest BCUT2D eigenvalue weighted by molar-refractivity contribution is 5.78. The first-order valence-electron chi connectivity index (χ1n) is 12.6. The predicted molar refractivity (Wildman–Crippen MR) is 150 cm³/mol. The molecule has 2 N–H and O–H groups in total. The molecule has 0 heterocycles. The van der Waals surface area contributed by atoms with Crippen molar-refractivity contribution >= 4 is 17.1 Å². The van der Waals surface area contributed by atoms with E-state index in [-0.39, 0.29) is 19.3 Å². The number of benzene rings is 4. The van der Waals surface area contributed by atoms with Gasteiger partial charge < -0.3 is 24.6 Å². The van der Waals surface area contributed by atoms with Crippen LogP contribution in [0.2, 0.25) is 0 Å². The van der Waals surface area contributed by atoms with Crippen molar-refractivity contribution < 1.29 is 19.7 Å². The molecule has 37 heavy (non-hydrogen) atoms. The first-order valence-corrected chi connectivity index (χ1v) is 12.6. The summed E-state index contributed by atoms with van der Waals surface area (Å²) in [5.41, 5.74) is 8.01. The number of rotatable bonds is 11. The lowest BCUT2D eigenvalue weighted by Crippen LogP contribution is -2.26. The van der Waals surface area contributed by atoms with E-state index in [0.717, 1.165) is 22.8 Å². The molecular formula is C32H35NO4. The third-order valence-electron chi connectivity index (χ3n) is 6.17. The standard InChI is InChI=1S/C32H35NO4/c1-23-4-8-26(9-5-23)27-10-14-29(15-11-27)33(28-12-6-24(2)7-13-28)30-16-18-32(19-17-30)37-21-25(3)36-22-31(35)20-34/h4-19,25,31,34-35H,20-22H2,1-3H3. The van der Waals surface area contributed by atoms with Gasteiger partial charge in [0.1, 0.15) is 18.5 Å². The van der Waals surface area contributed by atoms with Crippen molar-refractivity contribution in [3.63, 3.8) is 0 Å². The van der Waals surface area contributed by atoms with Crippen molar-refractivity contribution in [2.45, 2.75) is 33.0 Å². The molecule has 4 aromatic carbocycles. The van der Waals surface area contributed by atoms with E-state index in [1.54, 1.807) is 0 Å². The first-order chi connectivity index (χ1) is 17.9. The van der Waals surface area contributed by atoms with Crippen LogP contribution in [-0.4, -0.2) is 42.2 Å². The second-order valence-corrected chi connectivity index (χ2v) is 9.37. The second kappa shape index (κ2) is 12.5. The SMILES string of the molecule is Cc1ccc(-c2ccc(N(c3ccc(C)cc3)c3ccc(OCC(C)OCC(O)CO)cc3)cc2)cc1. The van der Waals surface area contributed by atoms with Gasteiger partial charge in [0.15, 0.2) is 0 Å². The molecule has 2 atom stereocenters. The van der Waals surface area contributed by atoms with Gasteiger partial charge in [0.2, 0.25) is 0 Å². The molecule has 0 saturated carbocycles. The fraction of sp³-hybridized carbons (Fsp3) is 0.250. The van der Waals surface area contributed by atoms with Gasteiger partial charge in [0, 0.05) is 17.1 Å². The van der Waals surface area contributed by atoms with Gasteiger partial charge in [-0.15, -0.1) is 0 Å². The minimum absolute atomic E-state index is 0.0776. The van der Waals surface area contributed by atoms with Crippen LogP contribution in [0.1, 0.15) is 18.1 Å². The molecule has 0 fully saturated rings. The molecule has 5 nitrogen and oxygen atoms in total. The minimum atomic E-state index is -0.875. The molecule has 0 spiro atoms. The highest BCUT2D eigenvalue weighted by Gasteiger charge is 2.14. The summed E-state index contributed by atoms with van der Waals surface area (Å²) in [6, 6.07) is 33.7. The monoisotopic (exact) mass is 497 g/mol. The second-order valence-electron chi connectivity index (χ2n) is 9.37. The molecule has 0 aliphatic rings. The fourth-order valence-corrected chi connectivity index (χ4v) is 3.97. The van der Waals surface area contributed by atoms with Crippen molar-refractivity contribution in [3.05, 3.63) is 108 Å². The molecule has 0 bridgehead atoms. The fourth-order valence-electron chi connectivity index (χ4n) is 3.97. The maximum absolute atomic E-state index is 9.44. The molecule has 5 heteroatoms. The van der Waals surface area contributed by atoms with E-state index >= 15 is 0 Å². The topological polar surface area (TPSA) is 62.2 Å². The Morgan fingerprint density at radius 2 is 1.08 bits per heavy atom. The zero-order chi connectivity index (χ0) is 26.2. The van der Waals surface area contributed by atoms with Gasteiger partial charge in [0.05, 0.1) is 19.3 Å². The number of aliphatic hydroxyl groups excluding tert-OH is 2. The number of aryl methyl sites for hydroxylation is 2. The molecule has 0 radical (unpaired) electrons. The van der Waals surface area contributed by atoms with E-state index in [4.69, 9.17) is 14.6 Å². The predicted octanol–water partition coefficient (Wildman–Crippen LogP) is 6.58. The van der Waals surface area contributed by atoms with Crippen LogP contribution < -0.4 is 9.64 Å². The first kappa shape index (κ1) is 26.4. The quantitative estimate of drug-likeness (QED) is 0.245. The van der Waals surface area contributed by atoms with E-state index in [9.17, 15) is 5.11 Å². The maximum atomic E-state index is 9.44. The van der Waals surface area contributed by atoms with E-state index in [0.29, 0.717) is 6.61 Å². The van der Waals surface area contributed by atoms with E-state index in [2.05, 4.69) is 91.5 Å². The highest BCUT2D eigenvalue weighted by atomic mass is 16.5. The average Bonchev–Trinajstić information content (AvgIpc) is 2.93. The van der Waals surface area contributed by atoms with Gasteiger partial charge in [-0.2, -0.15) is 0 Å². The molecule has 0 aliphatic carbocycles. The molecule has 4 aromatic rings. The molecular weight excluding hydrogens is 462 g/mol. The lowest BCUT2D eigenvalue weighted by atomic mass is 10.0. The molecule has 2 unspecified atom stereocenters. The van der Waals surface area contributed by atoms with E-state index < -0.39 is 6.10 Å². The maximum Gasteiger partial charge on any atom is 0.119 e. The summed E-state index contributed by atoms with van der Waals surface area (Å²) in [7, 11) is 0. The lowest BCUT2D eigenvalue weighted by molar-refractivity contribution is -0.0353. The number of hydrogen-bond acceptors (Lipinski definition) is 5. The Morgan fingerprint density at radius 3 is 1.59 bits per heavy atom. The van der Waals surface area contributed by atoms with Crippen LogP contribution in [0.3, 0.4) is 0 Å². The Morgan fingerprint density at radius 1 is 0.649 bits per heavy atom. The summed E-state index contributed by atoms with van der Waals surface area (Å²) in [6.07, 6.45) is -1.09. The number of anilines is 3. The summed E-state index contributed by atoms with van der Waals surface area (Å²) in [4.78, 5) is 2.23. The van der Waals surface area contributed by atoms with Crippen LogP contribution in [0.25, 0.3) is 11.1 Å². The molecule has 0 saturated heterocycles. The van der Waals surface area contributed by atoms with Gasteiger partial charge in [-0.3, -0.25) is 0 Å². The van der Waals surface area contributed by atoms with E-state index in [1.165, 1.54) is 22.3 Å². The number of aliphatic hydroxyl groups is 2. The molecule has 192 valence electrons. The summed E-state index contributed by atoms with van der Waals surface area (Å²) in [5.74, 6) is 0.737. The van der Waals surface area contributed by atoms with Crippen LogP contribution >= 0.6 is 0 Å². The zero-order valence-corrected chi connectivity index (χ0v) is 21.7. The minimum Gasteiger partial charge on any atom is -0.491 e. The smallest absolute Gasteiger partial charge is 0.119 e. The highest BCUT2D eigenvalue weighted by Crippen LogP contribution is 2.36. The summed E-state index contributed by atoms with van der Waals surface area (Å²) in [6.45, 7) is 6.17. The van der Waals surface area contributed by atoms with E-state index in [1.807, 2.05) is 31.2 Å². The van der Waals surface area contributed by atoms with Crippen LogP contribution in [0.5, 0.6) is 5.75 Å². The Hall–Kier alpha value is -3.64. The van der Waals surface area contributed by atoms with Gasteiger partial charge in [0.25, 0.3) is 0 Å². The third-order valence-corrected chi connectivity index (χ3v) is 6.17. The van der Waals surface area contributed by atoms with Gasteiger partial charge in [-0.1, -0.05) is 59.7 Å². The Balaban J connectivity index is 1.52. The molecule has 0 aliphatic heterocycles. The van der Waals surface area contributed by atoms with Crippen molar-refractivity contribution in [1.82, 2.24) is 0 Å². The number of hydrogen-bond donors (Lipinski definition) is 2. The summed E-state index contributed by atoms with van der Waals surface area (Å²) >= 11 is 0. The van der Waals surface area contributed by atoms with Gasteiger partial charge in [-0.05, 0) is 80.4 Å². The summed E-state index contributed by atoms with van der Waals surface area (Å²) < 4.78 is 11.4. The lowest BCUT2D eigenvalue weighted by Gasteiger charge is -2.26. The average molecular weight is 498 g/mol. The Kier molecular flexibility index (Phi) is 8.96. The normalized spacial score (nSPS) is 12.7.